The number of carbonyl (C=O) groups excluding carboxylic acids is 2. The minimum Gasteiger partial charge on any atom is -0.397 e. The van der Waals surface area contributed by atoms with Gasteiger partial charge in [-0.2, -0.15) is 0 Å². The number of hydrogen-bond donors (Lipinski definition) is 3. The number of nitrogens with zero attached hydrogens (tertiary/aromatic N) is 1. The van der Waals surface area contributed by atoms with Crippen molar-refractivity contribution in [1.82, 2.24) is 4.98 Å². The van der Waals surface area contributed by atoms with Gasteiger partial charge in [0.2, 0.25) is 5.91 Å². The number of amides is 2. The van der Waals surface area contributed by atoms with Crippen LogP contribution in [-0.4, -0.2) is 16.8 Å². The van der Waals surface area contributed by atoms with Gasteiger partial charge in [-0.05, 0) is 30.3 Å². The third-order valence-electron chi connectivity index (χ3n) is 2.53. The van der Waals surface area contributed by atoms with E-state index in [4.69, 9.17) is 11.5 Å². The van der Waals surface area contributed by atoms with E-state index in [9.17, 15) is 9.59 Å². The lowest BCUT2D eigenvalue weighted by atomic mass is 10.2. The lowest BCUT2D eigenvalue weighted by Gasteiger charge is -2.07. The summed E-state index contributed by atoms with van der Waals surface area (Å²) < 4.78 is 0. The number of pyridine rings is 1. The maximum Gasteiger partial charge on any atom is 0.251 e. The molecule has 0 aliphatic heterocycles. The zero-order chi connectivity index (χ0) is 15.4. The minimum atomic E-state index is -0.577. The smallest absolute Gasteiger partial charge is 0.251 e. The van der Waals surface area contributed by atoms with Crippen LogP contribution in [-0.2, 0) is 4.79 Å². The number of nitrogens with one attached hydrogen (secondary N) is 1. The number of benzene rings is 1. The van der Waals surface area contributed by atoms with Crippen LogP contribution in [0.4, 0.5) is 11.4 Å². The summed E-state index contributed by atoms with van der Waals surface area (Å²) in [6.45, 7) is 1.44. The van der Waals surface area contributed by atoms with Gasteiger partial charge in [0.1, 0.15) is 5.03 Å². The van der Waals surface area contributed by atoms with E-state index in [1.165, 1.54) is 30.9 Å². The molecule has 1 aromatic carbocycles. The Morgan fingerprint density at radius 1 is 1.24 bits per heavy atom. The van der Waals surface area contributed by atoms with Crippen molar-refractivity contribution in [2.24, 2.45) is 5.73 Å². The molecule has 0 saturated carbocycles. The Morgan fingerprint density at radius 3 is 2.48 bits per heavy atom. The molecule has 0 bridgehead atoms. The fourth-order valence-corrected chi connectivity index (χ4v) is 2.52. The van der Waals surface area contributed by atoms with Crippen molar-refractivity contribution in [3.05, 3.63) is 42.1 Å². The Hall–Kier alpha value is -2.54. The summed E-state index contributed by atoms with van der Waals surface area (Å²) in [5.41, 5.74) is 12.3. The molecular weight excluding hydrogens is 288 g/mol. The second-order valence-electron chi connectivity index (χ2n) is 4.29. The molecule has 0 spiro atoms. The lowest BCUT2D eigenvalue weighted by Crippen LogP contribution is -2.13. The first-order valence-corrected chi connectivity index (χ1v) is 6.88. The predicted octanol–water partition coefficient (Wildman–Crippen LogP) is 1.87. The zero-order valence-corrected chi connectivity index (χ0v) is 12.1. The van der Waals surface area contributed by atoms with Crippen molar-refractivity contribution < 1.29 is 9.59 Å². The number of rotatable bonds is 4. The molecule has 21 heavy (non-hydrogen) atoms. The second kappa shape index (κ2) is 6.27. The van der Waals surface area contributed by atoms with E-state index in [1.54, 1.807) is 12.1 Å². The van der Waals surface area contributed by atoms with E-state index in [1.807, 2.05) is 12.1 Å². The molecule has 2 rings (SSSR count). The van der Waals surface area contributed by atoms with Crippen molar-refractivity contribution >= 4 is 35.0 Å². The first-order chi connectivity index (χ1) is 9.95. The average molecular weight is 302 g/mol. The van der Waals surface area contributed by atoms with Gasteiger partial charge in [0.15, 0.2) is 0 Å². The van der Waals surface area contributed by atoms with E-state index in [-0.39, 0.29) is 11.5 Å². The third kappa shape index (κ3) is 3.96. The van der Waals surface area contributed by atoms with Crippen molar-refractivity contribution in [2.45, 2.75) is 16.8 Å². The number of anilines is 2. The molecule has 0 aliphatic carbocycles. The number of nitrogen functional groups attached to an aromatic ring is 1. The van der Waals surface area contributed by atoms with Crippen LogP contribution in [0.2, 0.25) is 0 Å². The monoisotopic (exact) mass is 302 g/mol. The number of nitrogens with two attached hydrogens (primary N) is 2. The standard InChI is InChI=1S/C14H14N4O2S/c1-8(19)18-10-2-4-11(5-3-10)21-14-12(13(16)20)6-9(15)7-17-14/h2-7H,15H2,1H3,(H2,16,20)(H,18,19). The van der Waals surface area contributed by atoms with Crippen LogP contribution >= 0.6 is 11.8 Å². The number of carbonyl (C=O) groups is 2. The van der Waals surface area contributed by atoms with Crippen LogP contribution in [0.15, 0.2) is 46.5 Å². The molecule has 2 amide bonds. The summed E-state index contributed by atoms with van der Waals surface area (Å²) >= 11 is 1.30. The van der Waals surface area contributed by atoms with Crippen LogP contribution in [0, 0.1) is 0 Å². The quantitative estimate of drug-likeness (QED) is 0.798. The molecule has 7 heteroatoms. The van der Waals surface area contributed by atoms with Gasteiger partial charge in [-0.1, -0.05) is 11.8 Å². The molecule has 0 saturated heterocycles. The van der Waals surface area contributed by atoms with Gasteiger partial charge in [-0.15, -0.1) is 0 Å². The van der Waals surface area contributed by atoms with Crippen LogP contribution in [0.25, 0.3) is 0 Å². The Kier molecular flexibility index (Phi) is 4.44. The van der Waals surface area contributed by atoms with Gasteiger partial charge >= 0.3 is 0 Å². The second-order valence-corrected chi connectivity index (χ2v) is 5.36. The first kappa shape index (κ1) is 14.9. The molecule has 2 aromatic rings. The van der Waals surface area contributed by atoms with Gasteiger partial charge in [-0.3, -0.25) is 9.59 Å². The maximum absolute atomic E-state index is 11.4. The molecule has 108 valence electrons. The highest BCUT2D eigenvalue weighted by Gasteiger charge is 2.11. The summed E-state index contributed by atoms with van der Waals surface area (Å²) in [5.74, 6) is -0.709. The van der Waals surface area contributed by atoms with E-state index < -0.39 is 5.91 Å². The summed E-state index contributed by atoms with van der Waals surface area (Å²) in [6.07, 6.45) is 1.47. The molecule has 1 aromatic heterocycles. The predicted molar refractivity (Wildman–Crippen MR) is 82.0 cm³/mol. The Labute approximate surface area is 125 Å². The van der Waals surface area contributed by atoms with E-state index >= 15 is 0 Å². The van der Waals surface area contributed by atoms with Crippen LogP contribution in [0.1, 0.15) is 17.3 Å². The van der Waals surface area contributed by atoms with Crippen LogP contribution in [0.5, 0.6) is 0 Å². The molecule has 0 fully saturated rings. The molecule has 0 unspecified atom stereocenters. The van der Waals surface area contributed by atoms with Gasteiger partial charge < -0.3 is 16.8 Å². The van der Waals surface area contributed by atoms with Crippen LogP contribution in [0.3, 0.4) is 0 Å². The fourth-order valence-electron chi connectivity index (χ4n) is 1.65. The highest BCUT2D eigenvalue weighted by Crippen LogP contribution is 2.30. The third-order valence-corrected chi connectivity index (χ3v) is 3.55. The molecule has 6 nitrogen and oxygen atoms in total. The average Bonchev–Trinajstić information content (AvgIpc) is 2.42. The van der Waals surface area contributed by atoms with Gasteiger partial charge in [0.25, 0.3) is 5.91 Å². The Morgan fingerprint density at radius 2 is 1.90 bits per heavy atom. The molecule has 5 N–H and O–H groups in total. The number of aromatic nitrogens is 1. The largest absolute Gasteiger partial charge is 0.397 e. The summed E-state index contributed by atoms with van der Waals surface area (Å²) in [5, 5.41) is 3.17. The Bertz CT molecular complexity index is 686. The molecule has 0 atom stereocenters. The highest BCUT2D eigenvalue weighted by atomic mass is 32.2. The number of primary amides is 1. The highest BCUT2D eigenvalue weighted by molar-refractivity contribution is 7.99. The molecule has 0 radical (unpaired) electrons. The van der Waals surface area contributed by atoms with E-state index in [0.717, 1.165) is 4.90 Å². The van der Waals surface area contributed by atoms with Gasteiger partial charge in [0.05, 0.1) is 17.4 Å². The zero-order valence-electron chi connectivity index (χ0n) is 11.3. The normalized spacial score (nSPS) is 10.1. The minimum absolute atomic E-state index is 0.133. The van der Waals surface area contributed by atoms with Crippen molar-refractivity contribution in [3.63, 3.8) is 0 Å². The van der Waals surface area contributed by atoms with Gasteiger partial charge in [-0.25, -0.2) is 4.98 Å². The fraction of sp³-hybridized carbons (Fsp3) is 0.0714. The molecule has 0 aliphatic rings. The SMILES string of the molecule is CC(=O)Nc1ccc(Sc2ncc(N)cc2C(N)=O)cc1. The van der Waals surface area contributed by atoms with Crippen LogP contribution < -0.4 is 16.8 Å². The van der Waals surface area contributed by atoms with Crippen molar-refractivity contribution in [3.8, 4) is 0 Å². The Balaban J connectivity index is 2.22. The van der Waals surface area contributed by atoms with Crippen molar-refractivity contribution in [1.29, 1.82) is 0 Å². The molecule has 1 heterocycles. The number of hydrogen-bond acceptors (Lipinski definition) is 5. The summed E-state index contributed by atoms with van der Waals surface area (Å²) in [7, 11) is 0. The van der Waals surface area contributed by atoms with Gasteiger partial charge in [0, 0.05) is 17.5 Å². The lowest BCUT2D eigenvalue weighted by molar-refractivity contribution is -0.114. The summed E-state index contributed by atoms with van der Waals surface area (Å²) in [6, 6.07) is 8.68. The van der Waals surface area contributed by atoms with E-state index in [0.29, 0.717) is 16.4 Å². The van der Waals surface area contributed by atoms with E-state index in [2.05, 4.69) is 10.3 Å². The topological polar surface area (TPSA) is 111 Å². The maximum atomic E-state index is 11.4. The summed E-state index contributed by atoms with van der Waals surface area (Å²) in [4.78, 5) is 27.4. The van der Waals surface area contributed by atoms with Crippen molar-refractivity contribution in [2.75, 3.05) is 11.1 Å². The molecular formula is C14H14N4O2S. The first-order valence-electron chi connectivity index (χ1n) is 6.06.